The van der Waals surface area contributed by atoms with Crippen LogP contribution in [0.25, 0.3) is 0 Å². The van der Waals surface area contributed by atoms with E-state index in [0.29, 0.717) is 30.1 Å². The summed E-state index contributed by atoms with van der Waals surface area (Å²) in [4.78, 5) is 12.3. The second-order valence-corrected chi connectivity index (χ2v) is 11.0. The minimum absolute atomic E-state index is 0. The van der Waals surface area contributed by atoms with Crippen molar-refractivity contribution in [2.45, 2.75) is 84.7 Å². The Bertz CT molecular complexity index is 606. The number of methoxy groups -OCH3 is 2. The molecule has 0 saturated heterocycles. The summed E-state index contributed by atoms with van der Waals surface area (Å²) in [5.74, 6) is 3.30. The smallest absolute Gasteiger partial charge is 0.133 e. The summed E-state index contributed by atoms with van der Waals surface area (Å²) in [5.41, 5.74) is -0.257. The molecule has 0 radical (unpaired) electrons. The van der Waals surface area contributed by atoms with Gasteiger partial charge in [-0.3, -0.25) is 4.79 Å². The zero-order valence-electron chi connectivity index (χ0n) is 18.3. The normalized spacial score (nSPS) is 48.8. The van der Waals surface area contributed by atoms with Crippen molar-refractivity contribution in [1.82, 2.24) is 0 Å². The third-order valence-corrected chi connectivity index (χ3v) is 9.84. The third-order valence-electron chi connectivity index (χ3n) is 9.84. The monoisotopic (exact) mass is 408 g/mol. The summed E-state index contributed by atoms with van der Waals surface area (Å²) in [6.07, 6.45) is 9.90. The molecule has 4 saturated carbocycles. The van der Waals surface area contributed by atoms with Crippen LogP contribution < -0.4 is 0 Å². The number of ketones is 1. The van der Waals surface area contributed by atoms with Crippen molar-refractivity contribution in [1.29, 1.82) is 0 Å². The van der Waals surface area contributed by atoms with E-state index >= 15 is 0 Å². The Kier molecular flexibility index (Phi) is 6.60. The summed E-state index contributed by atoms with van der Waals surface area (Å²) >= 11 is 0. The number of aliphatic hydroxyl groups is 1. The van der Waals surface area contributed by atoms with E-state index in [1.54, 1.807) is 7.11 Å². The Hall–Kier alpha value is -0.450. The lowest BCUT2D eigenvalue weighted by Gasteiger charge is -2.62. The molecule has 1 N–H and O–H groups in total. The molecule has 0 aliphatic heterocycles. The first-order valence-electron chi connectivity index (χ1n) is 11.5. The molecule has 0 aromatic carbocycles. The predicted octanol–water partition coefficient (Wildman–Crippen LogP) is 4.87. The Morgan fingerprint density at radius 2 is 1.69 bits per heavy atom. The van der Waals surface area contributed by atoms with E-state index in [0.717, 1.165) is 38.2 Å². The van der Waals surface area contributed by atoms with Crippen molar-refractivity contribution in [2.24, 2.45) is 40.4 Å². The summed E-state index contributed by atoms with van der Waals surface area (Å²) in [7, 11) is 3.54. The first kappa shape index (κ1) is 23.2. The molecule has 4 heteroatoms. The minimum atomic E-state index is -0.667. The quantitative estimate of drug-likeness (QED) is 0.705. The van der Waals surface area contributed by atoms with Crippen molar-refractivity contribution >= 4 is 5.78 Å². The van der Waals surface area contributed by atoms with Gasteiger partial charge in [-0.05, 0) is 99.2 Å². The molecule has 0 unspecified atom stereocenters. The number of hydrogen-bond donors (Lipinski definition) is 1. The van der Waals surface area contributed by atoms with E-state index in [4.69, 9.17) is 9.47 Å². The van der Waals surface area contributed by atoms with Crippen LogP contribution in [0.2, 0.25) is 0 Å². The van der Waals surface area contributed by atoms with Gasteiger partial charge in [0.2, 0.25) is 0 Å². The van der Waals surface area contributed by atoms with Crippen LogP contribution in [-0.2, 0) is 14.3 Å². The standard InChI is InChI=1S/C24H40O4.CH4/c1-16(25)19-7-8-20-18-6-5-17-13-23(26,14-27-3)11-12-24(17,15-28-4)21(18)9-10-22(19,20)2;/h17-21,26H,5-15H2,1-4H3;1H4/t17-,18-,19+,20-,21-,22+,23+,24+;/m0./s1. The third kappa shape index (κ3) is 3.51. The van der Waals surface area contributed by atoms with Crippen LogP contribution in [0, 0.1) is 40.4 Å². The van der Waals surface area contributed by atoms with Gasteiger partial charge in [-0.2, -0.15) is 0 Å². The molecule has 0 spiro atoms. The van der Waals surface area contributed by atoms with Crippen molar-refractivity contribution < 1.29 is 19.4 Å². The summed E-state index contributed by atoms with van der Waals surface area (Å²) < 4.78 is 11.2. The first-order valence-corrected chi connectivity index (χ1v) is 11.5. The summed E-state index contributed by atoms with van der Waals surface area (Å²) in [5, 5.41) is 11.1. The number of Topliss-reactive ketones (excluding diaryl/α,β-unsaturated/α-hetero) is 1. The lowest BCUT2D eigenvalue weighted by molar-refractivity contribution is -0.186. The van der Waals surface area contributed by atoms with Gasteiger partial charge in [0, 0.05) is 20.1 Å². The van der Waals surface area contributed by atoms with Gasteiger partial charge in [0.15, 0.2) is 0 Å². The second kappa shape index (κ2) is 8.24. The Balaban J connectivity index is 0.00000240. The van der Waals surface area contributed by atoms with Crippen LogP contribution in [0.15, 0.2) is 0 Å². The van der Waals surface area contributed by atoms with Crippen LogP contribution >= 0.6 is 0 Å². The maximum absolute atomic E-state index is 12.3. The van der Waals surface area contributed by atoms with Gasteiger partial charge in [0.05, 0.1) is 18.8 Å². The lowest BCUT2D eigenvalue weighted by atomic mass is 9.43. The molecule has 0 aromatic rings. The molecule has 0 aromatic heterocycles. The highest BCUT2D eigenvalue weighted by Gasteiger charge is 2.63. The van der Waals surface area contributed by atoms with E-state index in [9.17, 15) is 9.90 Å². The van der Waals surface area contributed by atoms with Crippen LogP contribution in [0.5, 0.6) is 0 Å². The molecule has 8 atom stereocenters. The van der Waals surface area contributed by atoms with Crippen molar-refractivity contribution in [2.75, 3.05) is 27.4 Å². The van der Waals surface area contributed by atoms with Gasteiger partial charge < -0.3 is 14.6 Å². The zero-order chi connectivity index (χ0) is 20.2. The van der Waals surface area contributed by atoms with E-state index in [2.05, 4.69) is 6.92 Å². The number of carbonyl (C=O) groups is 1. The predicted molar refractivity (Wildman–Crippen MR) is 116 cm³/mol. The summed E-state index contributed by atoms with van der Waals surface area (Å²) in [6.45, 7) is 5.49. The topological polar surface area (TPSA) is 55.8 Å². The number of carbonyl (C=O) groups excluding carboxylic acids is 1. The molecule has 29 heavy (non-hydrogen) atoms. The minimum Gasteiger partial charge on any atom is -0.387 e. The van der Waals surface area contributed by atoms with E-state index in [1.165, 1.54) is 32.1 Å². The molecule has 4 nitrogen and oxygen atoms in total. The van der Waals surface area contributed by atoms with Gasteiger partial charge in [-0.25, -0.2) is 0 Å². The molecular weight excluding hydrogens is 364 g/mol. The molecule has 4 aliphatic rings. The van der Waals surface area contributed by atoms with Gasteiger partial charge in [0.1, 0.15) is 5.78 Å². The molecule has 0 heterocycles. The van der Waals surface area contributed by atoms with Crippen molar-refractivity contribution in [3.8, 4) is 0 Å². The molecule has 4 aliphatic carbocycles. The van der Waals surface area contributed by atoms with Gasteiger partial charge >= 0.3 is 0 Å². The average molecular weight is 409 g/mol. The molecule has 168 valence electrons. The van der Waals surface area contributed by atoms with Crippen LogP contribution in [0.1, 0.15) is 79.1 Å². The largest absolute Gasteiger partial charge is 0.387 e. The van der Waals surface area contributed by atoms with Crippen molar-refractivity contribution in [3.05, 3.63) is 0 Å². The van der Waals surface area contributed by atoms with Gasteiger partial charge in [0.25, 0.3) is 0 Å². The number of ether oxygens (including phenoxy) is 2. The Morgan fingerprint density at radius 1 is 0.966 bits per heavy atom. The van der Waals surface area contributed by atoms with Crippen LogP contribution in [-0.4, -0.2) is 43.9 Å². The number of hydrogen-bond acceptors (Lipinski definition) is 4. The summed E-state index contributed by atoms with van der Waals surface area (Å²) in [6, 6.07) is 0. The fourth-order valence-electron chi connectivity index (χ4n) is 8.74. The lowest BCUT2D eigenvalue weighted by Crippen LogP contribution is -2.59. The molecule has 0 amide bonds. The molecule has 0 bridgehead atoms. The van der Waals surface area contributed by atoms with Crippen molar-refractivity contribution in [3.63, 3.8) is 0 Å². The van der Waals surface area contributed by atoms with Crippen LogP contribution in [0.3, 0.4) is 0 Å². The maximum atomic E-state index is 12.3. The highest BCUT2D eigenvalue weighted by Crippen LogP contribution is 2.68. The van der Waals surface area contributed by atoms with Gasteiger partial charge in [-0.15, -0.1) is 0 Å². The Labute approximate surface area is 178 Å². The van der Waals surface area contributed by atoms with E-state index in [-0.39, 0.29) is 24.2 Å². The second-order valence-electron chi connectivity index (χ2n) is 11.0. The zero-order valence-corrected chi connectivity index (χ0v) is 18.3. The number of fused-ring (bicyclic) bond motifs is 5. The highest BCUT2D eigenvalue weighted by molar-refractivity contribution is 5.79. The molecular formula is C25H44O4. The molecule has 4 fully saturated rings. The Morgan fingerprint density at radius 3 is 2.34 bits per heavy atom. The fraction of sp³-hybridized carbons (Fsp3) is 0.960. The van der Waals surface area contributed by atoms with E-state index < -0.39 is 5.60 Å². The van der Waals surface area contributed by atoms with Gasteiger partial charge in [-0.1, -0.05) is 14.4 Å². The van der Waals surface area contributed by atoms with Crippen LogP contribution in [0.4, 0.5) is 0 Å². The average Bonchev–Trinajstić information content (AvgIpc) is 3.00. The highest BCUT2D eigenvalue weighted by atomic mass is 16.5. The number of rotatable bonds is 5. The molecule has 4 rings (SSSR count). The fourth-order valence-corrected chi connectivity index (χ4v) is 8.74. The van der Waals surface area contributed by atoms with E-state index in [1.807, 2.05) is 14.0 Å². The maximum Gasteiger partial charge on any atom is 0.133 e. The SMILES string of the molecule is C.COC[C@@]1(O)CC[C@@]2(COC)[C@@H](CC[C@H]3[C@@H]4CC[C@H](C(C)=O)[C@@]4(C)CC[C@@H]32)C1. The first-order chi connectivity index (χ1) is 13.3.